The molecule has 1 aromatic heterocycles. The van der Waals surface area contributed by atoms with Gasteiger partial charge in [0.2, 0.25) is 11.8 Å². The highest BCUT2D eigenvalue weighted by Gasteiger charge is 2.34. The van der Waals surface area contributed by atoms with Crippen LogP contribution in [0.15, 0.2) is 10.7 Å². The molecule has 1 saturated heterocycles. The summed E-state index contributed by atoms with van der Waals surface area (Å²) in [6, 6.07) is 0.883. The van der Waals surface area contributed by atoms with Gasteiger partial charge >= 0.3 is 0 Å². The van der Waals surface area contributed by atoms with E-state index in [4.69, 9.17) is 4.74 Å². The first-order valence-electron chi connectivity index (χ1n) is 6.80. The van der Waals surface area contributed by atoms with Gasteiger partial charge in [-0.3, -0.25) is 0 Å². The molecule has 2 aliphatic rings. The maximum Gasteiger partial charge on any atom is 0.232 e. The molecule has 19 heavy (non-hydrogen) atoms. The number of rotatable bonds is 5. The normalized spacial score (nSPS) is 23.6. The molecule has 6 heteroatoms. The van der Waals surface area contributed by atoms with Crippen LogP contribution < -0.4 is 10.1 Å². The average Bonchev–Trinajstić information content (AvgIpc) is 3.17. The van der Waals surface area contributed by atoms with Crippen LogP contribution in [0.25, 0.3) is 0 Å². The molecule has 3 rings (SSSR count). The van der Waals surface area contributed by atoms with Crippen LogP contribution >= 0.6 is 15.9 Å². The number of hydrogen-bond acceptors (Lipinski definition) is 5. The van der Waals surface area contributed by atoms with Crippen molar-refractivity contribution in [3.63, 3.8) is 0 Å². The lowest BCUT2D eigenvalue weighted by molar-refractivity contribution is 0.316. The zero-order valence-electron chi connectivity index (χ0n) is 11.1. The predicted octanol–water partition coefficient (Wildman–Crippen LogP) is 2.14. The highest BCUT2D eigenvalue weighted by Crippen LogP contribution is 2.31. The van der Waals surface area contributed by atoms with Crippen molar-refractivity contribution in [3.05, 3.63) is 10.7 Å². The summed E-state index contributed by atoms with van der Waals surface area (Å²) in [6.45, 7) is 3.40. The molecular formula is C13H19BrN4O. The molecule has 2 heterocycles. The molecule has 104 valence electrons. The Morgan fingerprint density at radius 2 is 2.32 bits per heavy atom. The summed E-state index contributed by atoms with van der Waals surface area (Å²) in [5.41, 5.74) is 0. The predicted molar refractivity (Wildman–Crippen MR) is 77.5 cm³/mol. The number of likely N-dealkylation sites (tertiary alicyclic amines) is 1. The third-order valence-electron chi connectivity index (χ3n) is 3.83. The topological polar surface area (TPSA) is 50.3 Å². The van der Waals surface area contributed by atoms with Crippen LogP contribution in [0.5, 0.6) is 5.88 Å². The molecule has 0 amide bonds. The van der Waals surface area contributed by atoms with Gasteiger partial charge in [0.05, 0.1) is 17.8 Å². The molecule has 0 bridgehead atoms. The van der Waals surface area contributed by atoms with Gasteiger partial charge in [-0.15, -0.1) is 0 Å². The fraction of sp³-hybridized carbons (Fsp3) is 0.692. The van der Waals surface area contributed by atoms with Crippen LogP contribution in [0.1, 0.15) is 19.3 Å². The van der Waals surface area contributed by atoms with Crippen molar-refractivity contribution in [2.24, 2.45) is 5.92 Å². The van der Waals surface area contributed by atoms with Crippen molar-refractivity contribution >= 4 is 21.9 Å². The lowest BCUT2D eigenvalue weighted by Gasteiger charge is -2.15. The van der Waals surface area contributed by atoms with Gasteiger partial charge in [-0.05, 0) is 47.7 Å². The van der Waals surface area contributed by atoms with Gasteiger partial charge < -0.3 is 15.0 Å². The van der Waals surface area contributed by atoms with Crippen molar-refractivity contribution in [2.75, 3.05) is 32.1 Å². The highest BCUT2D eigenvalue weighted by atomic mass is 79.9. The van der Waals surface area contributed by atoms with Crippen molar-refractivity contribution < 1.29 is 4.74 Å². The molecule has 1 unspecified atom stereocenters. The Hall–Kier alpha value is -0.880. The Labute approximate surface area is 121 Å². The van der Waals surface area contributed by atoms with Gasteiger partial charge in [-0.1, -0.05) is 0 Å². The second kappa shape index (κ2) is 5.63. The van der Waals surface area contributed by atoms with E-state index in [0.717, 1.165) is 17.1 Å². The minimum Gasteiger partial charge on any atom is -0.480 e. The first-order valence-corrected chi connectivity index (χ1v) is 7.60. The zero-order chi connectivity index (χ0) is 13.2. The van der Waals surface area contributed by atoms with Crippen LogP contribution in [-0.4, -0.2) is 47.7 Å². The van der Waals surface area contributed by atoms with E-state index in [2.05, 4.69) is 36.1 Å². The van der Waals surface area contributed by atoms with Crippen LogP contribution in [-0.2, 0) is 0 Å². The Kier molecular flexibility index (Phi) is 3.88. The molecule has 1 aliphatic heterocycles. The first-order chi connectivity index (χ1) is 9.26. The van der Waals surface area contributed by atoms with Gasteiger partial charge in [0.1, 0.15) is 0 Å². The number of methoxy groups -OCH3 is 1. The van der Waals surface area contributed by atoms with Crippen molar-refractivity contribution in [2.45, 2.75) is 25.3 Å². The van der Waals surface area contributed by atoms with Crippen molar-refractivity contribution in [1.82, 2.24) is 14.9 Å². The third-order valence-corrected chi connectivity index (χ3v) is 4.38. The summed E-state index contributed by atoms with van der Waals surface area (Å²) >= 11 is 3.35. The number of ether oxygens (including phenoxy) is 1. The number of hydrogen-bond donors (Lipinski definition) is 1. The van der Waals surface area contributed by atoms with Gasteiger partial charge in [0, 0.05) is 19.1 Å². The van der Waals surface area contributed by atoms with Crippen molar-refractivity contribution in [3.8, 4) is 5.88 Å². The van der Waals surface area contributed by atoms with E-state index in [1.54, 1.807) is 13.3 Å². The lowest BCUT2D eigenvalue weighted by atomic mass is 10.1. The fourth-order valence-electron chi connectivity index (χ4n) is 2.62. The Morgan fingerprint density at radius 1 is 1.47 bits per heavy atom. The largest absolute Gasteiger partial charge is 0.480 e. The summed E-state index contributed by atoms with van der Waals surface area (Å²) in [4.78, 5) is 11.2. The van der Waals surface area contributed by atoms with Gasteiger partial charge in [-0.25, -0.2) is 4.98 Å². The van der Waals surface area contributed by atoms with Gasteiger partial charge in [0.15, 0.2) is 0 Å². The minimum atomic E-state index is 0.573. The first kappa shape index (κ1) is 13.1. The van der Waals surface area contributed by atoms with Crippen LogP contribution in [0.3, 0.4) is 0 Å². The minimum absolute atomic E-state index is 0.573. The molecule has 1 aromatic rings. The molecule has 0 radical (unpaired) electrons. The number of aromatic nitrogens is 2. The van der Waals surface area contributed by atoms with E-state index < -0.39 is 0 Å². The second-order valence-electron chi connectivity index (χ2n) is 5.31. The average molecular weight is 327 g/mol. The maximum absolute atomic E-state index is 5.17. The molecule has 0 aromatic carbocycles. The highest BCUT2D eigenvalue weighted by molar-refractivity contribution is 9.10. The van der Waals surface area contributed by atoms with Crippen molar-refractivity contribution in [1.29, 1.82) is 0 Å². The van der Waals surface area contributed by atoms with E-state index >= 15 is 0 Å². The molecule has 1 saturated carbocycles. The molecule has 0 spiro atoms. The van der Waals surface area contributed by atoms with E-state index in [1.165, 1.54) is 32.4 Å². The molecule has 1 atom stereocenters. The third kappa shape index (κ3) is 3.17. The fourth-order valence-corrected chi connectivity index (χ4v) is 2.97. The molecule has 1 N–H and O–H groups in total. The summed E-state index contributed by atoms with van der Waals surface area (Å²) in [7, 11) is 1.61. The Balaban J connectivity index is 1.51. The van der Waals surface area contributed by atoms with E-state index in [9.17, 15) is 0 Å². The summed E-state index contributed by atoms with van der Waals surface area (Å²) in [6.07, 6.45) is 5.79. The molecule has 5 nitrogen and oxygen atoms in total. The molecular weight excluding hydrogens is 308 g/mol. The van der Waals surface area contributed by atoms with E-state index in [1.807, 2.05) is 0 Å². The van der Waals surface area contributed by atoms with E-state index in [0.29, 0.717) is 17.7 Å². The number of halogens is 1. The van der Waals surface area contributed by atoms with Crippen LogP contribution in [0.4, 0.5) is 5.95 Å². The summed E-state index contributed by atoms with van der Waals surface area (Å²) < 4.78 is 5.95. The Morgan fingerprint density at radius 3 is 3.05 bits per heavy atom. The SMILES string of the molecule is COc1nc(NCC2CCN(C3CC3)C2)ncc1Br. The Bertz CT molecular complexity index is 452. The van der Waals surface area contributed by atoms with Gasteiger partial charge in [0.25, 0.3) is 0 Å². The number of anilines is 1. The number of nitrogens with zero attached hydrogens (tertiary/aromatic N) is 3. The molecule has 1 aliphatic carbocycles. The van der Waals surface area contributed by atoms with Crippen LogP contribution in [0, 0.1) is 5.92 Å². The molecule has 2 fully saturated rings. The monoisotopic (exact) mass is 326 g/mol. The maximum atomic E-state index is 5.17. The number of nitrogens with one attached hydrogen (secondary N) is 1. The smallest absolute Gasteiger partial charge is 0.232 e. The van der Waals surface area contributed by atoms with E-state index in [-0.39, 0.29) is 0 Å². The summed E-state index contributed by atoms with van der Waals surface area (Å²) in [5, 5.41) is 3.32. The zero-order valence-corrected chi connectivity index (χ0v) is 12.7. The summed E-state index contributed by atoms with van der Waals surface area (Å²) in [5.74, 6) is 1.92. The quantitative estimate of drug-likeness (QED) is 0.898. The lowest BCUT2D eigenvalue weighted by Crippen LogP contribution is -2.25. The standard InChI is InChI=1S/C13H19BrN4O/c1-19-12-11(14)7-16-13(17-12)15-6-9-4-5-18(8-9)10-2-3-10/h7,9-10H,2-6,8H2,1H3,(H,15,16,17). The van der Waals surface area contributed by atoms with Gasteiger partial charge in [-0.2, -0.15) is 4.98 Å². The van der Waals surface area contributed by atoms with Crippen LogP contribution in [0.2, 0.25) is 0 Å². The second-order valence-corrected chi connectivity index (χ2v) is 6.17.